The van der Waals surface area contributed by atoms with E-state index < -0.39 is 10.0 Å². The summed E-state index contributed by atoms with van der Waals surface area (Å²) >= 11 is 0. The van der Waals surface area contributed by atoms with Gasteiger partial charge in [-0.1, -0.05) is 62.8 Å². The normalized spacial score (nSPS) is 41.7. The van der Waals surface area contributed by atoms with E-state index in [0.29, 0.717) is 43.9 Å². The van der Waals surface area contributed by atoms with Gasteiger partial charge in [0.25, 0.3) is 0 Å². The average Bonchev–Trinajstić information content (AvgIpc) is 3.55. The van der Waals surface area contributed by atoms with Crippen molar-refractivity contribution in [3.05, 3.63) is 58.7 Å². The first-order valence-corrected chi connectivity index (χ1v) is 19.4. The van der Waals surface area contributed by atoms with Crippen LogP contribution in [0.4, 0.5) is 0 Å². The van der Waals surface area contributed by atoms with E-state index in [-0.39, 0.29) is 40.5 Å². The molecule has 3 heterocycles. The molecule has 45 heavy (non-hydrogen) atoms. The van der Waals surface area contributed by atoms with E-state index >= 15 is 0 Å². The lowest BCUT2D eigenvalue weighted by Crippen LogP contribution is -2.56. The lowest BCUT2D eigenvalue weighted by molar-refractivity contribution is -0.0710. The second-order valence-corrected chi connectivity index (χ2v) is 17.8. The predicted octanol–water partition coefficient (Wildman–Crippen LogP) is 4.97. The Hall–Kier alpha value is -1.55. The van der Waals surface area contributed by atoms with Crippen LogP contribution in [0.1, 0.15) is 84.6 Å². The number of nitrogens with zero attached hydrogens (tertiary/aromatic N) is 1. The van der Waals surface area contributed by atoms with Crippen molar-refractivity contribution in [1.82, 2.24) is 14.9 Å². The van der Waals surface area contributed by atoms with Crippen molar-refractivity contribution in [2.24, 2.45) is 23.2 Å². The molecule has 3 aliphatic carbocycles. The molecule has 3 N–H and O–H groups in total. The first-order valence-electron chi connectivity index (χ1n) is 17.7. The Morgan fingerprint density at radius 3 is 2.73 bits per heavy atom. The second kappa shape index (κ2) is 11.9. The highest BCUT2D eigenvalue weighted by Gasteiger charge is 2.79. The summed E-state index contributed by atoms with van der Waals surface area (Å²) in [6.07, 6.45) is 11.3. The summed E-state index contributed by atoms with van der Waals surface area (Å²) in [5, 5.41) is 14.6. The number of nitrogens with one attached hydrogen (secondary N) is 2. The van der Waals surface area contributed by atoms with Crippen LogP contribution in [-0.4, -0.2) is 79.7 Å². The molecule has 7 nitrogen and oxygen atoms in total. The highest BCUT2D eigenvalue weighted by molar-refractivity contribution is 7.89. The van der Waals surface area contributed by atoms with Gasteiger partial charge in [-0.05, 0) is 105 Å². The fourth-order valence-electron chi connectivity index (χ4n) is 10.8. The minimum absolute atomic E-state index is 0.0813. The Labute approximate surface area is 271 Å². The van der Waals surface area contributed by atoms with Gasteiger partial charge in [0.1, 0.15) is 0 Å². The number of benzene rings is 1. The molecule has 0 radical (unpaired) electrons. The molecule has 0 aromatic heterocycles. The molecule has 9 unspecified atom stereocenters. The summed E-state index contributed by atoms with van der Waals surface area (Å²) in [5.41, 5.74) is 6.01. The molecule has 6 aliphatic rings. The molecule has 2 spiro atoms. The zero-order valence-electron chi connectivity index (χ0n) is 27.9. The van der Waals surface area contributed by atoms with Gasteiger partial charge in [-0.3, -0.25) is 10.2 Å². The topological polar surface area (TPSA) is 101 Å². The monoisotopic (exact) mass is 637 g/mol. The van der Waals surface area contributed by atoms with Gasteiger partial charge in [-0.2, -0.15) is 0 Å². The fraction of sp³-hybridized carbons (Fsp3) is 0.730. The number of allylic oxidation sites excluding steroid dienone is 1. The van der Waals surface area contributed by atoms with Gasteiger partial charge >= 0.3 is 0 Å². The van der Waals surface area contributed by atoms with Crippen molar-refractivity contribution in [2.45, 2.75) is 115 Å². The SMILES string of the molecule is CC1=C2CC3C4(C)CCC(O)C=C4CCC34NC24CCC(C)C2C(CC(C)CN2CCNS(=O)(=O)CCc2ccccc2)OC1. The third-order valence-corrected chi connectivity index (χ3v) is 14.5. The lowest BCUT2D eigenvalue weighted by Gasteiger charge is -2.49. The molecule has 7 rings (SSSR count). The molecule has 0 bridgehead atoms. The maximum Gasteiger partial charge on any atom is 0.211 e. The number of aliphatic hydroxyl groups is 1. The number of hydrogen-bond acceptors (Lipinski definition) is 6. The van der Waals surface area contributed by atoms with Crippen LogP contribution in [0.5, 0.6) is 0 Å². The van der Waals surface area contributed by atoms with Crippen molar-refractivity contribution >= 4 is 10.0 Å². The van der Waals surface area contributed by atoms with Crippen molar-refractivity contribution in [2.75, 3.05) is 32.0 Å². The van der Waals surface area contributed by atoms with E-state index in [4.69, 9.17) is 4.74 Å². The number of likely N-dealkylation sites (tertiary alicyclic amines) is 1. The van der Waals surface area contributed by atoms with Gasteiger partial charge in [-0.15, -0.1) is 0 Å². The van der Waals surface area contributed by atoms with Crippen LogP contribution < -0.4 is 10.0 Å². The van der Waals surface area contributed by atoms with Gasteiger partial charge in [0.05, 0.1) is 30.1 Å². The van der Waals surface area contributed by atoms with Crippen LogP contribution >= 0.6 is 0 Å². The molecule has 2 saturated heterocycles. The van der Waals surface area contributed by atoms with Gasteiger partial charge in [0.15, 0.2) is 0 Å². The Balaban J connectivity index is 1.06. The average molecular weight is 638 g/mol. The van der Waals surface area contributed by atoms with Crippen LogP contribution in [0.2, 0.25) is 0 Å². The first-order chi connectivity index (χ1) is 21.5. The van der Waals surface area contributed by atoms with Crippen molar-refractivity contribution < 1.29 is 18.3 Å². The predicted molar refractivity (Wildman–Crippen MR) is 179 cm³/mol. The molecule has 0 amide bonds. The maximum atomic E-state index is 12.9. The van der Waals surface area contributed by atoms with Crippen molar-refractivity contribution in [3.63, 3.8) is 0 Å². The third-order valence-electron chi connectivity index (χ3n) is 13.1. The smallest absolute Gasteiger partial charge is 0.211 e. The number of fused-ring (bicyclic) bond motifs is 3. The Morgan fingerprint density at radius 2 is 1.93 bits per heavy atom. The maximum absolute atomic E-state index is 12.9. The highest BCUT2D eigenvalue weighted by atomic mass is 32.2. The molecular formula is C37H55N3O4S. The molecule has 1 aromatic carbocycles. The van der Waals surface area contributed by atoms with E-state index in [9.17, 15) is 13.5 Å². The minimum Gasteiger partial charge on any atom is -0.389 e. The van der Waals surface area contributed by atoms with Crippen molar-refractivity contribution in [1.29, 1.82) is 0 Å². The summed E-state index contributed by atoms with van der Waals surface area (Å²) in [6, 6.07) is 10.1. The number of sulfonamides is 1. The largest absolute Gasteiger partial charge is 0.389 e. The van der Waals surface area contributed by atoms with Crippen LogP contribution in [0.25, 0.3) is 0 Å². The zero-order chi connectivity index (χ0) is 31.6. The Bertz CT molecular complexity index is 1440. The van der Waals surface area contributed by atoms with Crippen molar-refractivity contribution in [3.8, 4) is 0 Å². The zero-order valence-corrected chi connectivity index (χ0v) is 28.7. The summed E-state index contributed by atoms with van der Waals surface area (Å²) in [4.78, 5) is 2.54. The Morgan fingerprint density at radius 1 is 1.13 bits per heavy atom. The summed E-state index contributed by atoms with van der Waals surface area (Å²) < 4.78 is 35.6. The van der Waals surface area contributed by atoms with Crippen LogP contribution in [0, 0.1) is 23.2 Å². The quantitative estimate of drug-likeness (QED) is 0.288. The Kier molecular flexibility index (Phi) is 8.43. The van der Waals surface area contributed by atoms with Gasteiger partial charge in [0, 0.05) is 31.2 Å². The van der Waals surface area contributed by atoms with E-state index in [1.807, 2.05) is 30.3 Å². The molecule has 9 atom stereocenters. The third kappa shape index (κ3) is 5.59. The first kappa shape index (κ1) is 32.0. The number of hydrogen-bond donors (Lipinski definition) is 3. The standard InChI is InChI=1S/C37H55N3O4S/c1-25-20-32-34(40(23-25)18-17-38-45(42,43)19-13-28-8-6-5-7-9-28)26(2)10-15-36-31(27(3)24-44-32)22-33-35(4)14-12-30(41)21-29(35)11-16-37(33,36)39-36/h5-9,21,25-26,30,32-34,38-39,41H,10-20,22-24H2,1-4H3. The second-order valence-electron chi connectivity index (χ2n) is 15.9. The van der Waals surface area contributed by atoms with Crippen LogP contribution in [0.3, 0.4) is 0 Å². The number of rotatable bonds is 7. The number of aliphatic hydroxyl groups excluding tert-OH is 1. The van der Waals surface area contributed by atoms with Crippen LogP contribution in [0.15, 0.2) is 53.1 Å². The molecule has 248 valence electrons. The van der Waals surface area contributed by atoms with Gasteiger partial charge < -0.3 is 9.84 Å². The lowest BCUT2D eigenvalue weighted by atomic mass is 9.55. The molecule has 8 heteroatoms. The molecule has 3 aliphatic heterocycles. The fourth-order valence-corrected chi connectivity index (χ4v) is 11.8. The summed E-state index contributed by atoms with van der Waals surface area (Å²) in [6.45, 7) is 12.3. The number of ether oxygens (including phenoxy) is 1. The van der Waals surface area contributed by atoms with E-state index in [1.54, 1.807) is 5.57 Å². The molecule has 4 fully saturated rings. The van der Waals surface area contributed by atoms with Crippen LogP contribution in [-0.2, 0) is 21.2 Å². The van der Waals surface area contributed by atoms with E-state index in [0.717, 1.165) is 63.5 Å². The number of aryl methyl sites for hydroxylation is 1. The highest BCUT2D eigenvalue weighted by Crippen LogP contribution is 2.72. The summed E-state index contributed by atoms with van der Waals surface area (Å²) in [7, 11) is -3.35. The minimum atomic E-state index is -3.35. The van der Waals surface area contributed by atoms with E-state index in [1.165, 1.54) is 11.1 Å². The summed E-state index contributed by atoms with van der Waals surface area (Å²) in [5.74, 6) is 1.64. The molecule has 2 saturated carbocycles. The number of piperidine rings is 2. The molecular weight excluding hydrogens is 582 g/mol. The molecule has 1 aromatic rings. The van der Waals surface area contributed by atoms with Gasteiger partial charge in [-0.25, -0.2) is 13.1 Å². The van der Waals surface area contributed by atoms with Gasteiger partial charge in [0.2, 0.25) is 10.0 Å². The van der Waals surface area contributed by atoms with E-state index in [2.05, 4.69) is 48.7 Å².